The Morgan fingerprint density at radius 1 is 0.911 bits per heavy atom. The zero-order chi connectivity index (χ0) is 33.4. The molecule has 4 aliphatic rings. The normalized spacial score (nSPS) is 37.9. The van der Waals surface area contributed by atoms with Crippen LogP contribution in [0.15, 0.2) is 23.3 Å². The van der Waals surface area contributed by atoms with Crippen LogP contribution in [0.25, 0.3) is 0 Å². The van der Waals surface area contributed by atoms with Crippen LogP contribution in [0.5, 0.6) is 0 Å². The molecule has 0 radical (unpaired) electrons. The maximum Gasteiger partial charge on any atom is 0.306 e. The molecule has 45 heavy (non-hydrogen) atoms. The number of unbranched alkanes of at least 4 members (excludes halogenated alkanes) is 10. The predicted octanol–water partition coefficient (Wildman–Crippen LogP) is 5.07. The van der Waals surface area contributed by atoms with E-state index in [1.54, 1.807) is 26.8 Å². The van der Waals surface area contributed by atoms with E-state index in [4.69, 9.17) is 9.47 Å². The van der Waals surface area contributed by atoms with Crippen molar-refractivity contribution in [3.63, 3.8) is 0 Å². The van der Waals surface area contributed by atoms with Crippen LogP contribution >= 0.6 is 0 Å². The van der Waals surface area contributed by atoms with E-state index in [1.807, 2.05) is 0 Å². The van der Waals surface area contributed by atoms with Crippen molar-refractivity contribution >= 4 is 17.7 Å². The number of rotatable bonds is 15. The molecule has 2 saturated carbocycles. The highest BCUT2D eigenvalue weighted by Crippen LogP contribution is 2.79. The van der Waals surface area contributed by atoms with Gasteiger partial charge in [-0.25, -0.2) is 0 Å². The first-order valence-corrected chi connectivity index (χ1v) is 17.2. The van der Waals surface area contributed by atoms with Crippen molar-refractivity contribution in [3.8, 4) is 0 Å². The summed E-state index contributed by atoms with van der Waals surface area (Å²) in [6, 6.07) is 0. The number of hydrogen-bond donors (Lipinski definition) is 4. The van der Waals surface area contributed by atoms with Crippen molar-refractivity contribution in [3.05, 3.63) is 23.3 Å². The molecule has 0 amide bonds. The number of aliphatic hydroxyl groups is 4. The Bertz CT molecular complexity index is 1200. The molecule has 0 saturated heterocycles. The van der Waals surface area contributed by atoms with E-state index in [0.717, 1.165) is 26.2 Å². The summed E-state index contributed by atoms with van der Waals surface area (Å²) in [5.41, 5.74) is -6.09. The minimum atomic E-state index is -2.46. The lowest BCUT2D eigenvalue weighted by molar-refractivity contribution is -0.341. The number of fused-ring (bicyclic) bond motifs is 5. The first-order valence-electron chi connectivity index (χ1n) is 17.2. The third kappa shape index (κ3) is 5.74. The van der Waals surface area contributed by atoms with Gasteiger partial charge in [0.2, 0.25) is 0 Å². The summed E-state index contributed by atoms with van der Waals surface area (Å²) in [7, 11) is 0. The third-order valence-corrected chi connectivity index (χ3v) is 11.6. The Labute approximate surface area is 268 Å². The van der Waals surface area contributed by atoms with E-state index in [-0.39, 0.29) is 18.4 Å². The van der Waals surface area contributed by atoms with E-state index in [1.165, 1.54) is 57.9 Å². The Hall–Kier alpha value is -2.07. The molecule has 8 atom stereocenters. The average molecular weight is 633 g/mol. The summed E-state index contributed by atoms with van der Waals surface area (Å²) >= 11 is 0. The molecule has 4 N–H and O–H groups in total. The van der Waals surface area contributed by atoms with Gasteiger partial charge in [0.25, 0.3) is 5.79 Å². The molecule has 2 fully saturated rings. The van der Waals surface area contributed by atoms with Gasteiger partial charge in [-0.2, -0.15) is 0 Å². The van der Waals surface area contributed by atoms with Gasteiger partial charge in [0.05, 0.1) is 18.1 Å². The molecule has 4 rings (SSSR count). The van der Waals surface area contributed by atoms with Crippen molar-refractivity contribution in [2.75, 3.05) is 6.61 Å². The minimum absolute atomic E-state index is 0.136. The number of Topliss-reactive ketones (excluding diaryl/α,β-unsaturated/α-hetero) is 1. The molecule has 0 bridgehead atoms. The van der Waals surface area contributed by atoms with Gasteiger partial charge in [0.15, 0.2) is 11.4 Å². The zero-order valence-electron chi connectivity index (χ0n) is 28.2. The summed E-state index contributed by atoms with van der Waals surface area (Å²) in [5, 5.41) is 47.2. The molecular formula is C36H56O9. The SMILES string of the molecule is CCCCCCCCCCCCCC(=O)O[C@]12[C@H]([C@@H]3C=C(CO)C[C@]4(O)C(=O)C(C)=C[C@H]4[C@@]3(O)[C@H](C)[C@@]1(O)OC(C)=O)C2(C)C. The van der Waals surface area contributed by atoms with E-state index >= 15 is 0 Å². The predicted molar refractivity (Wildman–Crippen MR) is 168 cm³/mol. The number of carbonyl (C=O) groups excluding carboxylic acids is 3. The molecule has 0 aromatic heterocycles. The Morgan fingerprint density at radius 2 is 1.47 bits per heavy atom. The van der Waals surface area contributed by atoms with Crippen LogP contribution in [0.3, 0.4) is 0 Å². The maximum atomic E-state index is 13.4. The number of carbonyl (C=O) groups is 3. The Kier molecular flexibility index (Phi) is 10.5. The van der Waals surface area contributed by atoms with Gasteiger partial charge in [-0.1, -0.05) is 104 Å². The number of aliphatic hydroxyl groups excluding tert-OH is 1. The molecule has 9 nitrogen and oxygen atoms in total. The lowest BCUT2D eigenvalue weighted by atomic mass is 9.57. The minimum Gasteiger partial charge on any atom is -0.451 e. The third-order valence-electron chi connectivity index (χ3n) is 11.6. The van der Waals surface area contributed by atoms with Crippen molar-refractivity contribution in [1.29, 1.82) is 0 Å². The molecule has 0 heterocycles. The maximum absolute atomic E-state index is 13.4. The molecule has 0 aliphatic heterocycles. The number of ketones is 1. The zero-order valence-corrected chi connectivity index (χ0v) is 28.2. The highest BCUT2D eigenvalue weighted by Gasteiger charge is 2.93. The Balaban J connectivity index is 1.55. The van der Waals surface area contributed by atoms with Gasteiger partial charge >= 0.3 is 11.9 Å². The smallest absolute Gasteiger partial charge is 0.306 e. The molecule has 4 aliphatic carbocycles. The molecule has 9 heteroatoms. The summed E-state index contributed by atoms with van der Waals surface area (Å²) < 4.78 is 11.9. The summed E-state index contributed by atoms with van der Waals surface area (Å²) in [6.45, 7) is 9.57. The fourth-order valence-electron chi connectivity index (χ4n) is 9.28. The van der Waals surface area contributed by atoms with Gasteiger partial charge in [0.1, 0.15) is 5.60 Å². The highest BCUT2D eigenvalue weighted by molar-refractivity contribution is 6.04. The van der Waals surface area contributed by atoms with Gasteiger partial charge < -0.3 is 29.9 Å². The van der Waals surface area contributed by atoms with Crippen LogP contribution in [0.2, 0.25) is 0 Å². The second-order valence-corrected chi connectivity index (χ2v) is 14.9. The fourth-order valence-corrected chi connectivity index (χ4v) is 9.28. The number of hydrogen-bond acceptors (Lipinski definition) is 9. The van der Waals surface area contributed by atoms with Gasteiger partial charge in [-0.05, 0) is 24.5 Å². The van der Waals surface area contributed by atoms with E-state index in [9.17, 15) is 34.8 Å². The molecule has 0 aromatic rings. The number of esters is 2. The second kappa shape index (κ2) is 13.2. The van der Waals surface area contributed by atoms with E-state index in [2.05, 4.69) is 6.92 Å². The van der Waals surface area contributed by atoms with Crippen molar-refractivity contribution < 1.29 is 44.3 Å². The fraction of sp³-hybridized carbons (Fsp3) is 0.806. The lowest BCUT2D eigenvalue weighted by Crippen LogP contribution is -2.72. The van der Waals surface area contributed by atoms with Gasteiger partial charge in [-0.15, -0.1) is 0 Å². The number of ether oxygens (including phenoxy) is 2. The summed E-state index contributed by atoms with van der Waals surface area (Å²) in [5.74, 6) is -8.42. The van der Waals surface area contributed by atoms with Crippen LogP contribution in [-0.4, -0.2) is 67.3 Å². The standard InChI is InChI=1S/C36H56O9/c1-7-8-9-10-11-12-13-14-15-16-17-18-29(39)45-35-30(32(35,5)6)27-20-26(22-37)21-33(41)28(19-23(2)31(33)40)34(27,42)24(3)36(35,43)44-25(4)38/h19-20,24,27-28,30,37,41-43H,7-18,21-22H2,1-6H3/t24-,27-,28+,30+,33+,34+,35-,36+/m0/s1. The van der Waals surface area contributed by atoms with Crippen LogP contribution < -0.4 is 0 Å². The highest BCUT2D eigenvalue weighted by atomic mass is 16.7. The van der Waals surface area contributed by atoms with Crippen molar-refractivity contribution in [2.45, 2.75) is 148 Å². The first kappa shape index (κ1) is 35.8. The van der Waals surface area contributed by atoms with E-state index < -0.39 is 76.0 Å². The van der Waals surface area contributed by atoms with Crippen LogP contribution in [0.4, 0.5) is 0 Å². The van der Waals surface area contributed by atoms with Gasteiger partial charge in [-0.3, -0.25) is 14.4 Å². The molecule has 254 valence electrons. The topological polar surface area (TPSA) is 151 Å². The Morgan fingerprint density at radius 3 is 2.00 bits per heavy atom. The van der Waals surface area contributed by atoms with Crippen LogP contribution in [0, 0.1) is 29.1 Å². The molecule has 0 aromatic carbocycles. The van der Waals surface area contributed by atoms with Crippen molar-refractivity contribution in [1.82, 2.24) is 0 Å². The van der Waals surface area contributed by atoms with Crippen LogP contribution in [-0.2, 0) is 23.9 Å². The molecule has 0 unspecified atom stereocenters. The second-order valence-electron chi connectivity index (χ2n) is 14.9. The average Bonchev–Trinajstić information content (AvgIpc) is 3.41. The molecule has 0 spiro atoms. The van der Waals surface area contributed by atoms with Crippen molar-refractivity contribution in [2.24, 2.45) is 29.1 Å². The largest absolute Gasteiger partial charge is 0.451 e. The van der Waals surface area contributed by atoms with Crippen LogP contribution in [0.1, 0.15) is 125 Å². The monoisotopic (exact) mass is 632 g/mol. The van der Waals surface area contributed by atoms with E-state index in [0.29, 0.717) is 12.0 Å². The lowest BCUT2D eigenvalue weighted by Gasteiger charge is -2.56. The summed E-state index contributed by atoms with van der Waals surface area (Å²) in [4.78, 5) is 39.2. The first-order chi connectivity index (χ1) is 21.1. The summed E-state index contributed by atoms with van der Waals surface area (Å²) in [6.07, 6.45) is 15.6. The quantitative estimate of drug-likeness (QED) is 0.0839. The van der Waals surface area contributed by atoms with Gasteiger partial charge in [0, 0.05) is 42.9 Å². The molecular weight excluding hydrogens is 576 g/mol.